The van der Waals surface area contributed by atoms with Crippen molar-refractivity contribution in [2.45, 2.75) is 33.6 Å². The normalized spacial score (nSPS) is 11.1. The number of aromatic nitrogens is 2. The lowest BCUT2D eigenvalue weighted by Gasteiger charge is -2.05. The third kappa shape index (κ3) is 2.05. The Morgan fingerprint density at radius 2 is 2.12 bits per heavy atom. The molecular weight excluding hydrogens is 232 g/mol. The lowest BCUT2D eigenvalue weighted by Crippen LogP contribution is -2.14. The molecule has 0 saturated heterocycles. The van der Waals surface area contributed by atoms with E-state index in [1.54, 1.807) is 0 Å². The van der Waals surface area contributed by atoms with Gasteiger partial charge >= 0.3 is 0 Å². The van der Waals surface area contributed by atoms with Gasteiger partial charge in [-0.2, -0.15) is 9.78 Å². The summed E-state index contributed by atoms with van der Waals surface area (Å²) in [6, 6.07) is 3.71. The molecule has 0 aliphatic heterocycles. The van der Waals surface area contributed by atoms with Crippen molar-refractivity contribution < 1.29 is 4.79 Å². The minimum absolute atomic E-state index is 0.0347. The number of hydrogen-bond acceptors (Lipinski definition) is 3. The first-order valence-electron chi connectivity index (χ1n) is 5.66. The summed E-state index contributed by atoms with van der Waals surface area (Å²) in [6.45, 7) is 8.16. The first-order valence-corrected chi connectivity index (χ1v) is 6.54. The molecule has 0 unspecified atom stereocenters. The van der Waals surface area contributed by atoms with Gasteiger partial charge < -0.3 is 0 Å². The largest absolute Gasteiger partial charge is 0.288 e. The van der Waals surface area contributed by atoms with Gasteiger partial charge in [0, 0.05) is 5.69 Å². The topological polar surface area (TPSA) is 34.9 Å². The zero-order valence-electron chi connectivity index (χ0n) is 10.5. The van der Waals surface area contributed by atoms with Gasteiger partial charge in [-0.25, -0.2) is 0 Å². The van der Waals surface area contributed by atoms with Crippen LogP contribution in [0.15, 0.2) is 17.5 Å². The van der Waals surface area contributed by atoms with Crippen LogP contribution in [-0.2, 0) is 0 Å². The van der Waals surface area contributed by atoms with Gasteiger partial charge in [0.15, 0.2) is 0 Å². The minimum atomic E-state index is -0.0347. The van der Waals surface area contributed by atoms with E-state index >= 15 is 0 Å². The molecule has 2 aromatic heterocycles. The van der Waals surface area contributed by atoms with Crippen LogP contribution in [0.1, 0.15) is 46.4 Å². The molecule has 0 N–H and O–H groups in total. The van der Waals surface area contributed by atoms with E-state index in [2.05, 4.69) is 18.9 Å². The highest BCUT2D eigenvalue weighted by atomic mass is 32.1. The number of carbonyl (C=O) groups excluding carboxylic acids is 1. The SMILES string of the molecule is Cc1nn(C(=O)c2cccs2)c(C)c1C(C)C. The fraction of sp³-hybridized carbons (Fsp3) is 0.385. The van der Waals surface area contributed by atoms with E-state index in [9.17, 15) is 4.79 Å². The van der Waals surface area contributed by atoms with Crippen LogP contribution in [0.2, 0.25) is 0 Å². The highest BCUT2D eigenvalue weighted by Gasteiger charge is 2.19. The summed E-state index contributed by atoms with van der Waals surface area (Å²) in [5, 5.41) is 6.27. The van der Waals surface area contributed by atoms with Crippen LogP contribution in [0.3, 0.4) is 0 Å². The molecule has 2 heterocycles. The summed E-state index contributed by atoms with van der Waals surface area (Å²) in [4.78, 5) is 13.0. The highest BCUT2D eigenvalue weighted by Crippen LogP contribution is 2.23. The predicted molar refractivity (Wildman–Crippen MR) is 69.8 cm³/mol. The average molecular weight is 248 g/mol. The van der Waals surface area contributed by atoms with Crippen LogP contribution in [0, 0.1) is 13.8 Å². The molecule has 2 rings (SSSR count). The Balaban J connectivity index is 2.48. The highest BCUT2D eigenvalue weighted by molar-refractivity contribution is 7.12. The maximum atomic E-state index is 12.2. The molecule has 0 bridgehead atoms. The van der Waals surface area contributed by atoms with Crippen molar-refractivity contribution in [3.8, 4) is 0 Å². The minimum Gasteiger partial charge on any atom is -0.266 e. The standard InChI is InChI=1S/C13H16N2OS/c1-8(2)12-9(3)14-15(10(12)4)13(16)11-6-5-7-17-11/h5-8H,1-4H3. The molecule has 0 radical (unpaired) electrons. The number of thiophene rings is 1. The van der Waals surface area contributed by atoms with Crippen molar-refractivity contribution in [2.24, 2.45) is 0 Å². The molecule has 0 aromatic carbocycles. The van der Waals surface area contributed by atoms with E-state index in [4.69, 9.17) is 0 Å². The van der Waals surface area contributed by atoms with Crippen molar-refractivity contribution in [3.63, 3.8) is 0 Å². The first kappa shape index (κ1) is 12.0. The molecule has 90 valence electrons. The van der Waals surface area contributed by atoms with Gasteiger partial charge in [0.25, 0.3) is 5.91 Å². The van der Waals surface area contributed by atoms with E-state index in [1.165, 1.54) is 21.6 Å². The van der Waals surface area contributed by atoms with Gasteiger partial charge in [-0.3, -0.25) is 4.79 Å². The van der Waals surface area contributed by atoms with E-state index < -0.39 is 0 Å². The summed E-state index contributed by atoms with van der Waals surface area (Å²) in [5.74, 6) is 0.354. The molecular formula is C13H16N2OS. The summed E-state index contributed by atoms with van der Waals surface area (Å²) in [5.41, 5.74) is 3.08. The first-order chi connectivity index (χ1) is 8.02. The number of carbonyl (C=O) groups is 1. The lowest BCUT2D eigenvalue weighted by molar-refractivity contribution is 0.0946. The van der Waals surface area contributed by atoms with Crippen molar-refractivity contribution in [1.29, 1.82) is 0 Å². The van der Waals surface area contributed by atoms with Crippen molar-refractivity contribution >= 4 is 17.2 Å². The fourth-order valence-electron chi connectivity index (χ4n) is 2.19. The molecule has 2 aromatic rings. The Hall–Kier alpha value is -1.42. The van der Waals surface area contributed by atoms with Crippen LogP contribution in [-0.4, -0.2) is 15.7 Å². The van der Waals surface area contributed by atoms with Crippen molar-refractivity contribution in [2.75, 3.05) is 0 Å². The van der Waals surface area contributed by atoms with Crippen LogP contribution < -0.4 is 0 Å². The zero-order chi connectivity index (χ0) is 12.6. The zero-order valence-corrected chi connectivity index (χ0v) is 11.3. The summed E-state index contributed by atoms with van der Waals surface area (Å²) in [6.07, 6.45) is 0. The van der Waals surface area contributed by atoms with Gasteiger partial charge in [-0.15, -0.1) is 11.3 Å². The predicted octanol–water partition coefficient (Wildman–Crippen LogP) is 3.37. The molecule has 0 amide bonds. The Morgan fingerprint density at radius 1 is 1.41 bits per heavy atom. The summed E-state index contributed by atoms with van der Waals surface area (Å²) >= 11 is 1.45. The molecule has 0 aliphatic carbocycles. The maximum absolute atomic E-state index is 12.2. The molecule has 0 saturated carbocycles. The molecule has 0 aliphatic rings. The second-order valence-electron chi connectivity index (χ2n) is 4.43. The third-order valence-electron chi connectivity index (χ3n) is 2.85. The Morgan fingerprint density at radius 3 is 2.59 bits per heavy atom. The average Bonchev–Trinajstić information content (AvgIpc) is 2.85. The van der Waals surface area contributed by atoms with E-state index in [1.807, 2.05) is 31.4 Å². The van der Waals surface area contributed by atoms with Gasteiger partial charge in [0.2, 0.25) is 0 Å². The molecule has 0 fully saturated rings. The van der Waals surface area contributed by atoms with E-state index in [0.717, 1.165) is 16.3 Å². The van der Waals surface area contributed by atoms with Gasteiger partial charge in [-0.05, 0) is 36.8 Å². The van der Waals surface area contributed by atoms with Crippen LogP contribution in [0.5, 0.6) is 0 Å². The Labute approximate surface area is 105 Å². The van der Waals surface area contributed by atoms with Crippen LogP contribution in [0.4, 0.5) is 0 Å². The second-order valence-corrected chi connectivity index (χ2v) is 5.38. The number of hydrogen-bond donors (Lipinski definition) is 0. The second kappa shape index (κ2) is 4.45. The summed E-state index contributed by atoms with van der Waals surface area (Å²) < 4.78 is 1.52. The Kier molecular flexibility index (Phi) is 3.15. The van der Waals surface area contributed by atoms with Gasteiger partial charge in [0.05, 0.1) is 10.6 Å². The lowest BCUT2D eigenvalue weighted by atomic mass is 10.0. The van der Waals surface area contributed by atoms with Crippen LogP contribution in [0.25, 0.3) is 0 Å². The van der Waals surface area contributed by atoms with Crippen LogP contribution >= 0.6 is 11.3 Å². The number of nitrogens with zero attached hydrogens (tertiary/aromatic N) is 2. The van der Waals surface area contributed by atoms with Gasteiger partial charge in [-0.1, -0.05) is 19.9 Å². The Bertz CT molecular complexity index is 538. The van der Waals surface area contributed by atoms with Gasteiger partial charge in [0.1, 0.15) is 0 Å². The van der Waals surface area contributed by atoms with E-state index in [0.29, 0.717) is 5.92 Å². The maximum Gasteiger partial charge on any atom is 0.288 e. The van der Waals surface area contributed by atoms with Crippen molar-refractivity contribution in [1.82, 2.24) is 9.78 Å². The van der Waals surface area contributed by atoms with Crippen molar-refractivity contribution in [3.05, 3.63) is 39.3 Å². The molecule has 4 heteroatoms. The molecule has 0 atom stereocenters. The fourth-order valence-corrected chi connectivity index (χ4v) is 2.84. The number of rotatable bonds is 2. The monoisotopic (exact) mass is 248 g/mol. The number of aryl methyl sites for hydroxylation is 1. The quantitative estimate of drug-likeness (QED) is 0.816. The smallest absolute Gasteiger partial charge is 0.266 e. The van der Waals surface area contributed by atoms with E-state index in [-0.39, 0.29) is 5.91 Å². The molecule has 3 nitrogen and oxygen atoms in total. The molecule has 0 spiro atoms. The summed E-state index contributed by atoms with van der Waals surface area (Å²) in [7, 11) is 0. The molecule has 17 heavy (non-hydrogen) atoms. The third-order valence-corrected chi connectivity index (χ3v) is 3.71.